The van der Waals surface area contributed by atoms with E-state index in [-0.39, 0.29) is 25.3 Å². The van der Waals surface area contributed by atoms with Gasteiger partial charge in [0.15, 0.2) is 0 Å². The predicted octanol–water partition coefficient (Wildman–Crippen LogP) is -0.647. The van der Waals surface area contributed by atoms with Gasteiger partial charge in [-0.25, -0.2) is 4.79 Å². The van der Waals surface area contributed by atoms with E-state index in [1.165, 1.54) is 4.90 Å². The molecular weight excluding hydrogens is 206 g/mol. The maximum Gasteiger partial charge on any atom is 0.326 e. The van der Waals surface area contributed by atoms with Gasteiger partial charge >= 0.3 is 5.97 Å². The van der Waals surface area contributed by atoms with E-state index in [9.17, 15) is 14.7 Å². The molecule has 2 atom stereocenters. The van der Waals surface area contributed by atoms with Crippen molar-refractivity contribution in [2.24, 2.45) is 0 Å². The minimum Gasteiger partial charge on any atom is -0.480 e. The molecule has 1 aliphatic heterocycles. The van der Waals surface area contributed by atoms with Crippen LogP contribution in [0.3, 0.4) is 0 Å². The zero-order chi connectivity index (χ0) is 10.7. The summed E-state index contributed by atoms with van der Waals surface area (Å²) in [6, 6.07) is -0.877. The Morgan fingerprint density at radius 1 is 1.50 bits per heavy atom. The molecule has 2 N–H and O–H groups in total. The number of thiol groups is 1. The van der Waals surface area contributed by atoms with Crippen LogP contribution in [0.2, 0.25) is 0 Å². The molecular formula is C8H13NO4S. The lowest BCUT2D eigenvalue weighted by Crippen LogP contribution is -2.40. The molecule has 0 aromatic rings. The number of hydrogen-bond acceptors (Lipinski definition) is 4. The fraction of sp³-hybridized carbons (Fsp3) is 0.750. The lowest BCUT2D eigenvalue weighted by Gasteiger charge is -2.20. The van der Waals surface area contributed by atoms with Gasteiger partial charge in [0, 0.05) is 19.4 Å². The maximum atomic E-state index is 11.4. The van der Waals surface area contributed by atoms with Crippen molar-refractivity contribution in [3.05, 3.63) is 0 Å². The van der Waals surface area contributed by atoms with Gasteiger partial charge in [-0.3, -0.25) is 4.79 Å². The average molecular weight is 219 g/mol. The summed E-state index contributed by atoms with van der Waals surface area (Å²) in [7, 11) is 0. The van der Waals surface area contributed by atoms with Crippen LogP contribution in [0.15, 0.2) is 0 Å². The predicted molar refractivity (Wildman–Crippen MR) is 52.2 cm³/mol. The highest BCUT2D eigenvalue weighted by molar-refractivity contribution is 7.80. The number of β-amino-alcohol motifs (C(OH)–C–C–N with tert-alkyl or cyclic N) is 1. The summed E-state index contributed by atoms with van der Waals surface area (Å²) in [5, 5.41) is 18.1. The molecule has 0 unspecified atom stereocenters. The number of likely N-dealkylation sites (tertiary alicyclic amines) is 1. The van der Waals surface area contributed by atoms with Gasteiger partial charge in [-0.05, 0) is 5.75 Å². The summed E-state index contributed by atoms with van der Waals surface area (Å²) in [6.07, 6.45) is -0.396. The molecule has 1 rings (SSSR count). The number of amides is 1. The number of carboxylic acids is 1. The molecule has 0 saturated carbocycles. The first-order chi connectivity index (χ1) is 6.56. The standard InChI is InChI=1S/C8H13NO4S/c10-5-3-6(8(12)13)9(4-5)7(11)1-2-14/h5-6,10,14H,1-4H2,(H,12,13)/t5-,6+/m1/s1. The average Bonchev–Trinajstić information content (AvgIpc) is 2.48. The number of aliphatic carboxylic acids is 1. The molecule has 1 saturated heterocycles. The molecule has 6 heteroatoms. The summed E-state index contributed by atoms with van der Waals surface area (Å²) >= 11 is 3.90. The van der Waals surface area contributed by atoms with Gasteiger partial charge in [0.2, 0.25) is 5.91 Å². The fourth-order valence-electron chi connectivity index (χ4n) is 1.56. The molecule has 0 aromatic heterocycles. The van der Waals surface area contributed by atoms with Crippen LogP contribution in [0.25, 0.3) is 0 Å². The number of carboxylic acid groups (broad SMARTS) is 1. The smallest absolute Gasteiger partial charge is 0.326 e. The van der Waals surface area contributed by atoms with Crippen LogP contribution >= 0.6 is 12.6 Å². The van der Waals surface area contributed by atoms with Gasteiger partial charge in [-0.1, -0.05) is 0 Å². The highest BCUT2D eigenvalue weighted by atomic mass is 32.1. The van der Waals surface area contributed by atoms with Gasteiger partial charge in [0.25, 0.3) is 0 Å². The molecule has 5 nitrogen and oxygen atoms in total. The normalized spacial score (nSPS) is 26.6. The zero-order valence-corrected chi connectivity index (χ0v) is 8.48. The molecule has 14 heavy (non-hydrogen) atoms. The van der Waals surface area contributed by atoms with Crippen molar-refractivity contribution >= 4 is 24.5 Å². The SMILES string of the molecule is O=C(O)[C@@H]1C[C@@H](O)CN1C(=O)CCS. The lowest BCUT2D eigenvalue weighted by atomic mass is 10.2. The molecule has 0 aromatic carbocycles. The van der Waals surface area contributed by atoms with Gasteiger partial charge in [-0.15, -0.1) is 0 Å². The second-order valence-electron chi connectivity index (χ2n) is 3.26. The second kappa shape index (κ2) is 4.65. The Labute approximate surface area is 87.1 Å². The minimum absolute atomic E-state index is 0.115. The molecule has 1 aliphatic rings. The quantitative estimate of drug-likeness (QED) is 0.551. The third-order valence-electron chi connectivity index (χ3n) is 2.21. The Balaban J connectivity index is 2.66. The van der Waals surface area contributed by atoms with E-state index in [0.29, 0.717) is 5.75 Å². The Kier molecular flexibility index (Phi) is 3.77. The largest absolute Gasteiger partial charge is 0.480 e. The Bertz CT molecular complexity index is 245. The summed E-state index contributed by atoms with van der Waals surface area (Å²) in [5.74, 6) is -0.935. The topological polar surface area (TPSA) is 77.8 Å². The first-order valence-electron chi connectivity index (χ1n) is 4.37. The number of nitrogens with zero attached hydrogens (tertiary/aromatic N) is 1. The van der Waals surface area contributed by atoms with E-state index in [1.54, 1.807) is 0 Å². The van der Waals surface area contributed by atoms with Crippen LogP contribution in [-0.2, 0) is 9.59 Å². The molecule has 0 radical (unpaired) electrons. The van der Waals surface area contributed by atoms with Crippen molar-refractivity contribution in [1.82, 2.24) is 4.90 Å². The molecule has 1 heterocycles. The fourth-order valence-corrected chi connectivity index (χ4v) is 1.75. The van der Waals surface area contributed by atoms with E-state index in [2.05, 4.69) is 12.6 Å². The van der Waals surface area contributed by atoms with E-state index >= 15 is 0 Å². The third-order valence-corrected chi connectivity index (χ3v) is 2.43. The zero-order valence-electron chi connectivity index (χ0n) is 7.59. The molecule has 0 aliphatic carbocycles. The highest BCUT2D eigenvalue weighted by Crippen LogP contribution is 2.19. The van der Waals surface area contributed by atoms with Crippen molar-refractivity contribution in [2.75, 3.05) is 12.3 Å². The van der Waals surface area contributed by atoms with Crippen LogP contribution in [0.5, 0.6) is 0 Å². The number of rotatable bonds is 3. The Hall–Kier alpha value is -0.750. The lowest BCUT2D eigenvalue weighted by molar-refractivity contribution is -0.148. The summed E-state index contributed by atoms with van der Waals surface area (Å²) in [4.78, 5) is 23.4. The van der Waals surface area contributed by atoms with Crippen molar-refractivity contribution in [3.63, 3.8) is 0 Å². The van der Waals surface area contributed by atoms with Crippen LogP contribution in [0, 0.1) is 0 Å². The van der Waals surface area contributed by atoms with Crippen LogP contribution in [0.1, 0.15) is 12.8 Å². The van der Waals surface area contributed by atoms with Crippen LogP contribution < -0.4 is 0 Å². The number of carbonyl (C=O) groups excluding carboxylic acids is 1. The monoisotopic (exact) mass is 219 g/mol. The first-order valence-corrected chi connectivity index (χ1v) is 5.00. The van der Waals surface area contributed by atoms with Gasteiger partial charge in [-0.2, -0.15) is 12.6 Å². The molecule has 1 fully saturated rings. The molecule has 0 bridgehead atoms. The summed E-state index contributed by atoms with van der Waals surface area (Å²) in [6.45, 7) is 0.115. The number of hydrogen-bond donors (Lipinski definition) is 3. The highest BCUT2D eigenvalue weighted by Gasteiger charge is 2.38. The number of aliphatic hydroxyl groups excluding tert-OH is 1. The molecule has 80 valence electrons. The minimum atomic E-state index is -1.06. The Morgan fingerprint density at radius 3 is 2.64 bits per heavy atom. The molecule has 0 spiro atoms. The van der Waals surface area contributed by atoms with E-state index < -0.39 is 18.1 Å². The summed E-state index contributed by atoms with van der Waals surface area (Å²) in [5.41, 5.74) is 0. The van der Waals surface area contributed by atoms with Gasteiger partial charge in [0.1, 0.15) is 6.04 Å². The molecule has 1 amide bonds. The van der Waals surface area contributed by atoms with Crippen molar-refractivity contribution in [2.45, 2.75) is 25.0 Å². The second-order valence-corrected chi connectivity index (χ2v) is 3.71. The summed E-state index contributed by atoms with van der Waals surface area (Å²) < 4.78 is 0. The first kappa shape index (κ1) is 11.3. The number of aliphatic hydroxyl groups is 1. The van der Waals surface area contributed by atoms with Gasteiger partial charge < -0.3 is 15.1 Å². The van der Waals surface area contributed by atoms with Gasteiger partial charge in [0.05, 0.1) is 6.10 Å². The van der Waals surface area contributed by atoms with Crippen LogP contribution in [0.4, 0.5) is 0 Å². The third kappa shape index (κ3) is 2.39. The van der Waals surface area contributed by atoms with E-state index in [0.717, 1.165) is 0 Å². The number of carbonyl (C=O) groups is 2. The van der Waals surface area contributed by atoms with Crippen molar-refractivity contribution in [1.29, 1.82) is 0 Å². The van der Waals surface area contributed by atoms with Crippen molar-refractivity contribution < 1.29 is 19.8 Å². The van der Waals surface area contributed by atoms with Crippen molar-refractivity contribution in [3.8, 4) is 0 Å². The van der Waals surface area contributed by atoms with Crippen LogP contribution in [-0.4, -0.2) is 51.4 Å². The van der Waals surface area contributed by atoms with E-state index in [4.69, 9.17) is 5.11 Å². The Morgan fingerprint density at radius 2 is 2.14 bits per heavy atom. The van der Waals surface area contributed by atoms with E-state index in [1.807, 2.05) is 0 Å². The maximum absolute atomic E-state index is 11.4.